The van der Waals surface area contributed by atoms with E-state index in [1.807, 2.05) is 6.92 Å². The highest BCUT2D eigenvalue weighted by molar-refractivity contribution is 5.77. The molecule has 0 spiro atoms. The van der Waals surface area contributed by atoms with Gasteiger partial charge in [0.1, 0.15) is 12.2 Å². The highest BCUT2D eigenvalue weighted by Gasteiger charge is 2.30. The fraction of sp³-hybridized carbons (Fsp3) is 0.700. The second-order valence-corrected chi connectivity index (χ2v) is 4.37. The van der Waals surface area contributed by atoms with E-state index in [9.17, 15) is 4.79 Å². The van der Waals surface area contributed by atoms with E-state index in [2.05, 4.69) is 20.5 Å². The van der Waals surface area contributed by atoms with Crippen molar-refractivity contribution in [2.75, 3.05) is 0 Å². The molecule has 0 bridgehead atoms. The number of carbonyl (C=O) groups is 1. The third kappa shape index (κ3) is 2.79. The lowest BCUT2D eigenvalue weighted by Crippen LogP contribution is -2.34. The zero-order chi connectivity index (χ0) is 11.5. The molecular formula is C10H17N5O. The first-order valence-electron chi connectivity index (χ1n) is 5.57. The van der Waals surface area contributed by atoms with Gasteiger partial charge in [0.15, 0.2) is 0 Å². The molecule has 0 aromatic carbocycles. The zero-order valence-electron chi connectivity index (χ0n) is 9.31. The van der Waals surface area contributed by atoms with Gasteiger partial charge in [-0.05, 0) is 25.7 Å². The smallest absolute Gasteiger partial charge is 0.222 e. The molecule has 0 saturated heterocycles. The maximum atomic E-state index is 11.6. The van der Waals surface area contributed by atoms with Crippen LogP contribution in [0, 0.1) is 5.92 Å². The molecule has 1 aliphatic rings. The van der Waals surface area contributed by atoms with Crippen LogP contribution >= 0.6 is 0 Å². The van der Waals surface area contributed by atoms with E-state index in [1.165, 1.54) is 6.33 Å². The van der Waals surface area contributed by atoms with Gasteiger partial charge in [-0.3, -0.25) is 9.89 Å². The Morgan fingerprint density at radius 3 is 3.06 bits per heavy atom. The van der Waals surface area contributed by atoms with Crippen LogP contribution in [-0.4, -0.2) is 27.1 Å². The van der Waals surface area contributed by atoms with Crippen molar-refractivity contribution in [2.24, 2.45) is 11.7 Å². The van der Waals surface area contributed by atoms with Gasteiger partial charge in [0.05, 0.1) is 6.04 Å². The Kier molecular flexibility index (Phi) is 3.19. The van der Waals surface area contributed by atoms with E-state index in [0.717, 1.165) is 12.8 Å². The topological polar surface area (TPSA) is 96.7 Å². The SMILES string of the molecule is CC(NC(=O)CC(N)C1CC1)c1ncn[nH]1. The largest absolute Gasteiger partial charge is 0.346 e. The van der Waals surface area contributed by atoms with Crippen LogP contribution in [0.1, 0.15) is 38.1 Å². The van der Waals surface area contributed by atoms with Crippen LogP contribution in [-0.2, 0) is 4.79 Å². The van der Waals surface area contributed by atoms with Gasteiger partial charge in [0.25, 0.3) is 0 Å². The molecule has 1 fully saturated rings. The van der Waals surface area contributed by atoms with Crippen LogP contribution in [0.3, 0.4) is 0 Å². The number of hydrogen-bond acceptors (Lipinski definition) is 4. The summed E-state index contributed by atoms with van der Waals surface area (Å²) in [5.41, 5.74) is 5.88. The Hall–Kier alpha value is -1.43. The van der Waals surface area contributed by atoms with Crippen molar-refractivity contribution < 1.29 is 4.79 Å². The Morgan fingerprint density at radius 1 is 1.75 bits per heavy atom. The van der Waals surface area contributed by atoms with Crippen molar-refractivity contribution in [3.05, 3.63) is 12.2 Å². The summed E-state index contributed by atoms with van der Waals surface area (Å²) in [6, 6.07) is -0.150. The van der Waals surface area contributed by atoms with E-state index in [1.54, 1.807) is 0 Å². The van der Waals surface area contributed by atoms with Crippen molar-refractivity contribution in [2.45, 2.75) is 38.3 Å². The Labute approximate surface area is 94.0 Å². The molecule has 1 aliphatic carbocycles. The molecule has 0 radical (unpaired) electrons. The molecule has 0 aliphatic heterocycles. The number of amides is 1. The van der Waals surface area contributed by atoms with Crippen molar-refractivity contribution in [3.8, 4) is 0 Å². The molecule has 6 nitrogen and oxygen atoms in total. The second kappa shape index (κ2) is 4.61. The Balaban J connectivity index is 1.78. The number of nitrogens with zero attached hydrogens (tertiary/aromatic N) is 2. The summed E-state index contributed by atoms with van der Waals surface area (Å²) in [7, 11) is 0. The molecule has 2 atom stereocenters. The molecule has 1 saturated carbocycles. The van der Waals surface area contributed by atoms with E-state index in [0.29, 0.717) is 18.2 Å². The number of aromatic amines is 1. The minimum Gasteiger partial charge on any atom is -0.346 e. The first-order valence-corrected chi connectivity index (χ1v) is 5.57. The molecule has 4 N–H and O–H groups in total. The molecule has 1 aromatic rings. The number of aromatic nitrogens is 3. The summed E-state index contributed by atoms with van der Waals surface area (Å²) < 4.78 is 0. The van der Waals surface area contributed by atoms with Crippen molar-refractivity contribution in [3.63, 3.8) is 0 Å². The Morgan fingerprint density at radius 2 is 2.50 bits per heavy atom. The maximum Gasteiger partial charge on any atom is 0.222 e. The molecule has 2 rings (SSSR count). The predicted octanol–water partition coefficient (Wildman–Crippen LogP) is 0.109. The van der Waals surface area contributed by atoms with Crippen LogP contribution in [0.2, 0.25) is 0 Å². The normalized spacial score (nSPS) is 19.1. The third-order valence-corrected chi connectivity index (χ3v) is 2.87. The first-order chi connectivity index (χ1) is 7.66. The molecule has 6 heteroatoms. The summed E-state index contributed by atoms with van der Waals surface area (Å²) in [4.78, 5) is 15.6. The lowest BCUT2D eigenvalue weighted by atomic mass is 10.1. The average molecular weight is 223 g/mol. The predicted molar refractivity (Wildman–Crippen MR) is 58.3 cm³/mol. The highest BCUT2D eigenvalue weighted by Crippen LogP contribution is 2.32. The molecule has 16 heavy (non-hydrogen) atoms. The maximum absolute atomic E-state index is 11.6. The number of carbonyl (C=O) groups excluding carboxylic acids is 1. The minimum absolute atomic E-state index is 0.00178. The molecule has 1 aromatic heterocycles. The van der Waals surface area contributed by atoms with Gasteiger partial charge in [-0.25, -0.2) is 4.98 Å². The van der Waals surface area contributed by atoms with Crippen LogP contribution in [0.15, 0.2) is 6.33 Å². The van der Waals surface area contributed by atoms with E-state index in [4.69, 9.17) is 5.73 Å². The van der Waals surface area contributed by atoms with Crippen LogP contribution in [0.25, 0.3) is 0 Å². The number of hydrogen-bond donors (Lipinski definition) is 3. The summed E-state index contributed by atoms with van der Waals surface area (Å²) in [5, 5.41) is 9.30. The van der Waals surface area contributed by atoms with Crippen molar-refractivity contribution in [1.82, 2.24) is 20.5 Å². The summed E-state index contributed by atoms with van der Waals surface area (Å²) >= 11 is 0. The fourth-order valence-corrected chi connectivity index (χ4v) is 1.70. The average Bonchev–Trinajstić information content (AvgIpc) is 2.93. The van der Waals surface area contributed by atoms with Crippen LogP contribution in [0.5, 0.6) is 0 Å². The second-order valence-electron chi connectivity index (χ2n) is 4.37. The lowest BCUT2D eigenvalue weighted by Gasteiger charge is -2.13. The number of rotatable bonds is 5. The standard InChI is InChI=1S/C10H17N5O/c1-6(10-12-5-13-15-10)14-9(16)4-8(11)7-2-3-7/h5-8H,2-4,11H2,1H3,(H,14,16)(H,12,13,15). The molecular weight excluding hydrogens is 206 g/mol. The van der Waals surface area contributed by atoms with Gasteiger partial charge in [-0.2, -0.15) is 5.10 Å². The monoisotopic (exact) mass is 223 g/mol. The van der Waals surface area contributed by atoms with Gasteiger partial charge < -0.3 is 11.1 Å². The summed E-state index contributed by atoms with van der Waals surface area (Å²) in [6.45, 7) is 1.86. The molecule has 1 heterocycles. The van der Waals surface area contributed by atoms with Gasteiger partial charge >= 0.3 is 0 Å². The number of H-pyrrole nitrogens is 1. The number of nitrogens with one attached hydrogen (secondary N) is 2. The van der Waals surface area contributed by atoms with Crippen LogP contribution in [0.4, 0.5) is 0 Å². The highest BCUT2D eigenvalue weighted by atomic mass is 16.1. The van der Waals surface area contributed by atoms with Gasteiger partial charge in [-0.15, -0.1) is 0 Å². The summed E-state index contributed by atoms with van der Waals surface area (Å²) in [6.07, 6.45) is 4.13. The van der Waals surface area contributed by atoms with E-state index < -0.39 is 0 Å². The van der Waals surface area contributed by atoms with E-state index in [-0.39, 0.29) is 18.0 Å². The van der Waals surface area contributed by atoms with Crippen LogP contribution < -0.4 is 11.1 Å². The fourth-order valence-electron chi connectivity index (χ4n) is 1.70. The third-order valence-electron chi connectivity index (χ3n) is 2.87. The molecule has 2 unspecified atom stereocenters. The minimum atomic E-state index is -0.151. The summed E-state index contributed by atoms with van der Waals surface area (Å²) in [5.74, 6) is 1.18. The molecule has 1 amide bonds. The first kappa shape index (κ1) is 11.1. The Bertz CT molecular complexity index is 346. The quantitative estimate of drug-likeness (QED) is 0.660. The van der Waals surface area contributed by atoms with Gasteiger partial charge in [0.2, 0.25) is 5.91 Å². The lowest BCUT2D eigenvalue weighted by molar-refractivity contribution is -0.122. The van der Waals surface area contributed by atoms with Crippen molar-refractivity contribution >= 4 is 5.91 Å². The molecule has 88 valence electrons. The van der Waals surface area contributed by atoms with Gasteiger partial charge in [-0.1, -0.05) is 0 Å². The number of nitrogens with two attached hydrogens (primary N) is 1. The zero-order valence-corrected chi connectivity index (χ0v) is 9.31. The van der Waals surface area contributed by atoms with E-state index >= 15 is 0 Å². The van der Waals surface area contributed by atoms with Gasteiger partial charge in [0, 0.05) is 12.5 Å². The van der Waals surface area contributed by atoms with Crippen molar-refractivity contribution in [1.29, 1.82) is 0 Å².